The molecule has 5 rings (SSSR count). The molecule has 3 heterocycles. The van der Waals surface area contributed by atoms with Crippen LogP contribution in [0.1, 0.15) is 17.1 Å². The predicted molar refractivity (Wildman–Crippen MR) is 131 cm³/mol. The summed E-state index contributed by atoms with van der Waals surface area (Å²) >= 11 is 1.41. The third-order valence-corrected chi connectivity index (χ3v) is 6.62. The summed E-state index contributed by atoms with van der Waals surface area (Å²) in [5.74, 6) is 1.03. The average molecular weight is 457 g/mol. The van der Waals surface area contributed by atoms with Crippen molar-refractivity contribution in [2.45, 2.75) is 25.3 Å². The van der Waals surface area contributed by atoms with E-state index in [4.69, 9.17) is 0 Å². The number of hydrogen-bond donors (Lipinski definition) is 1. The molecule has 0 spiro atoms. The number of para-hydroxylation sites is 2. The highest BCUT2D eigenvalue weighted by molar-refractivity contribution is 7.99. The molecule has 166 valence electrons. The molecule has 0 aliphatic heterocycles. The molecule has 0 atom stereocenters. The highest BCUT2D eigenvalue weighted by atomic mass is 32.2. The molecule has 3 aromatic heterocycles. The number of aromatic nitrogens is 5. The summed E-state index contributed by atoms with van der Waals surface area (Å²) in [6, 6.07) is 22.5. The topological polar surface area (TPSA) is 77.1 Å². The third kappa shape index (κ3) is 4.21. The molecular formula is C25H24N6OS. The fourth-order valence-electron chi connectivity index (χ4n) is 4.13. The highest BCUT2D eigenvalue weighted by Gasteiger charge is 2.15. The molecule has 0 saturated heterocycles. The van der Waals surface area contributed by atoms with Crippen molar-refractivity contribution in [3.63, 3.8) is 0 Å². The minimum Gasteiger partial charge on any atom is -0.355 e. The zero-order valence-electron chi connectivity index (χ0n) is 18.5. The molecule has 2 aromatic carbocycles. The number of carbonyl (C=O) groups is 1. The number of thioether (sulfide) groups is 1. The molecule has 1 N–H and O–H groups in total. The maximum absolute atomic E-state index is 12.5. The SMILES string of the molecule is Cc1c(CCNC(=O)CSc2ccc3nnc(C)n3n2)c2ccccc2n1-c1ccccc1. The largest absolute Gasteiger partial charge is 0.355 e. The average Bonchev–Trinajstić information content (AvgIpc) is 3.35. The Labute approximate surface area is 195 Å². The Morgan fingerprint density at radius 2 is 1.76 bits per heavy atom. The number of amides is 1. The van der Waals surface area contributed by atoms with Gasteiger partial charge in [-0.3, -0.25) is 4.79 Å². The van der Waals surface area contributed by atoms with Crippen molar-refractivity contribution >= 4 is 34.2 Å². The summed E-state index contributed by atoms with van der Waals surface area (Å²) in [6.07, 6.45) is 0.771. The summed E-state index contributed by atoms with van der Waals surface area (Å²) in [5.41, 5.74) is 5.49. The zero-order valence-corrected chi connectivity index (χ0v) is 19.3. The van der Waals surface area contributed by atoms with E-state index in [1.165, 1.54) is 33.9 Å². The van der Waals surface area contributed by atoms with E-state index in [2.05, 4.69) is 80.6 Å². The van der Waals surface area contributed by atoms with Crippen LogP contribution in [0.15, 0.2) is 71.8 Å². The van der Waals surface area contributed by atoms with Gasteiger partial charge in [0.05, 0.1) is 11.3 Å². The molecule has 8 heteroatoms. The maximum atomic E-state index is 12.5. The van der Waals surface area contributed by atoms with Gasteiger partial charge in [-0.15, -0.1) is 10.2 Å². The third-order valence-electron chi connectivity index (χ3n) is 5.70. The molecule has 0 saturated carbocycles. The van der Waals surface area contributed by atoms with Crippen molar-refractivity contribution in [3.8, 4) is 5.69 Å². The Kier molecular flexibility index (Phi) is 5.83. The first-order chi connectivity index (χ1) is 16.1. The molecule has 5 aromatic rings. The van der Waals surface area contributed by atoms with Crippen molar-refractivity contribution < 1.29 is 4.79 Å². The van der Waals surface area contributed by atoms with E-state index < -0.39 is 0 Å². The minimum atomic E-state index is -0.00757. The Hall–Kier alpha value is -3.65. The number of hydrogen-bond acceptors (Lipinski definition) is 5. The van der Waals surface area contributed by atoms with E-state index in [1.54, 1.807) is 4.52 Å². The quantitative estimate of drug-likeness (QED) is 0.373. The second-order valence-corrected chi connectivity index (χ2v) is 8.83. The number of nitrogens with zero attached hydrogens (tertiary/aromatic N) is 5. The standard InChI is InChI=1S/C25H24N6OS/c1-17-20(21-10-6-7-11-22(21)30(17)19-8-4-3-5-9-19)14-15-26-24(32)16-33-25-13-12-23-28-27-18(2)31(23)29-25/h3-13H,14-16H2,1-2H3,(H,26,32). The van der Waals surface area contributed by atoms with E-state index in [9.17, 15) is 4.79 Å². The van der Waals surface area contributed by atoms with Gasteiger partial charge in [0.1, 0.15) is 5.03 Å². The monoisotopic (exact) mass is 456 g/mol. The van der Waals surface area contributed by atoms with Gasteiger partial charge in [0.15, 0.2) is 11.5 Å². The van der Waals surface area contributed by atoms with Crippen LogP contribution in [0.5, 0.6) is 0 Å². The van der Waals surface area contributed by atoms with E-state index in [0.29, 0.717) is 17.9 Å². The first-order valence-electron chi connectivity index (χ1n) is 10.8. The zero-order chi connectivity index (χ0) is 22.8. The van der Waals surface area contributed by atoms with Gasteiger partial charge in [-0.1, -0.05) is 48.2 Å². The van der Waals surface area contributed by atoms with Gasteiger partial charge in [0.25, 0.3) is 0 Å². The molecule has 1 amide bonds. The smallest absolute Gasteiger partial charge is 0.230 e. The van der Waals surface area contributed by atoms with Crippen molar-refractivity contribution in [1.82, 2.24) is 29.7 Å². The van der Waals surface area contributed by atoms with Crippen LogP contribution in [0.2, 0.25) is 0 Å². The van der Waals surface area contributed by atoms with Gasteiger partial charge < -0.3 is 9.88 Å². The Morgan fingerprint density at radius 3 is 2.61 bits per heavy atom. The lowest BCUT2D eigenvalue weighted by Gasteiger charge is -2.09. The number of benzene rings is 2. The summed E-state index contributed by atoms with van der Waals surface area (Å²) in [5, 5.41) is 17.6. The lowest BCUT2D eigenvalue weighted by Crippen LogP contribution is -2.27. The molecular weight excluding hydrogens is 432 g/mol. The predicted octanol–water partition coefficient (Wildman–Crippen LogP) is 4.14. The molecule has 0 radical (unpaired) electrons. The minimum absolute atomic E-state index is 0.00757. The summed E-state index contributed by atoms with van der Waals surface area (Å²) < 4.78 is 3.97. The van der Waals surface area contributed by atoms with Crippen LogP contribution in [0.4, 0.5) is 0 Å². The first kappa shape index (κ1) is 21.2. The molecule has 0 fully saturated rings. The fourth-order valence-corrected chi connectivity index (χ4v) is 4.82. The molecule has 0 aliphatic carbocycles. The fraction of sp³-hybridized carbons (Fsp3) is 0.200. The molecule has 0 aliphatic rings. The van der Waals surface area contributed by atoms with E-state index in [1.807, 2.05) is 25.1 Å². The van der Waals surface area contributed by atoms with Crippen LogP contribution in [0.25, 0.3) is 22.2 Å². The molecule has 7 nitrogen and oxygen atoms in total. The summed E-state index contributed by atoms with van der Waals surface area (Å²) in [7, 11) is 0. The van der Waals surface area contributed by atoms with Crippen LogP contribution in [-0.2, 0) is 11.2 Å². The summed E-state index contributed by atoms with van der Waals surface area (Å²) in [4.78, 5) is 12.5. The van der Waals surface area contributed by atoms with Crippen LogP contribution < -0.4 is 5.32 Å². The van der Waals surface area contributed by atoms with Gasteiger partial charge in [-0.05, 0) is 56.2 Å². The number of nitrogens with one attached hydrogen (secondary N) is 1. The lowest BCUT2D eigenvalue weighted by atomic mass is 10.1. The molecule has 0 bridgehead atoms. The number of fused-ring (bicyclic) bond motifs is 2. The second-order valence-electron chi connectivity index (χ2n) is 7.83. The Balaban J connectivity index is 1.25. The van der Waals surface area contributed by atoms with E-state index in [-0.39, 0.29) is 5.91 Å². The van der Waals surface area contributed by atoms with Gasteiger partial charge in [-0.25, -0.2) is 0 Å². The highest BCUT2D eigenvalue weighted by Crippen LogP contribution is 2.29. The molecule has 0 unspecified atom stereocenters. The number of aryl methyl sites for hydroxylation is 1. The van der Waals surface area contributed by atoms with Crippen molar-refractivity contribution in [2.75, 3.05) is 12.3 Å². The van der Waals surface area contributed by atoms with Gasteiger partial charge in [-0.2, -0.15) is 9.61 Å². The number of rotatable bonds is 7. The molecule has 33 heavy (non-hydrogen) atoms. The Bertz CT molecular complexity index is 1440. The number of carbonyl (C=O) groups excluding carboxylic acids is 1. The first-order valence-corrected chi connectivity index (χ1v) is 11.8. The second kappa shape index (κ2) is 9.07. The van der Waals surface area contributed by atoms with Crippen molar-refractivity contribution in [3.05, 3.63) is 83.8 Å². The Morgan fingerprint density at radius 1 is 0.970 bits per heavy atom. The van der Waals surface area contributed by atoms with Gasteiger partial charge in [0.2, 0.25) is 5.91 Å². The normalized spacial score (nSPS) is 11.3. The van der Waals surface area contributed by atoms with Gasteiger partial charge in [0, 0.05) is 23.3 Å². The van der Waals surface area contributed by atoms with Crippen LogP contribution in [0, 0.1) is 13.8 Å². The van der Waals surface area contributed by atoms with Gasteiger partial charge >= 0.3 is 0 Å². The summed E-state index contributed by atoms with van der Waals surface area (Å²) in [6.45, 7) is 4.58. The lowest BCUT2D eigenvalue weighted by molar-refractivity contribution is -0.118. The van der Waals surface area contributed by atoms with Crippen LogP contribution in [0.3, 0.4) is 0 Å². The maximum Gasteiger partial charge on any atom is 0.230 e. The van der Waals surface area contributed by atoms with E-state index >= 15 is 0 Å². The van der Waals surface area contributed by atoms with Crippen LogP contribution in [-0.4, -0.2) is 42.6 Å². The van der Waals surface area contributed by atoms with E-state index in [0.717, 1.165) is 23.0 Å². The van der Waals surface area contributed by atoms with Crippen molar-refractivity contribution in [2.24, 2.45) is 0 Å². The van der Waals surface area contributed by atoms with Crippen molar-refractivity contribution in [1.29, 1.82) is 0 Å². The van der Waals surface area contributed by atoms with Crippen LogP contribution >= 0.6 is 11.8 Å².